The van der Waals surface area contributed by atoms with Gasteiger partial charge < -0.3 is 10.6 Å². The van der Waals surface area contributed by atoms with E-state index in [9.17, 15) is 0 Å². The van der Waals surface area contributed by atoms with Crippen LogP contribution in [0.25, 0.3) is 0 Å². The molecule has 0 amide bonds. The largest absolute Gasteiger partial charge is 0.337 e. The zero-order valence-electron chi connectivity index (χ0n) is 12.2. The normalized spacial score (nSPS) is 10.0. The average molecular weight is 449 g/mol. The van der Waals surface area contributed by atoms with Gasteiger partial charge in [0.25, 0.3) is 0 Å². The van der Waals surface area contributed by atoms with Gasteiger partial charge in [0, 0.05) is 14.9 Å². The average Bonchev–Trinajstić information content (AvgIpc) is 2.60. The van der Waals surface area contributed by atoms with E-state index in [0.29, 0.717) is 17.3 Å². The minimum Gasteiger partial charge on any atom is -0.337 e. The highest BCUT2D eigenvalue weighted by molar-refractivity contribution is 14.1. The van der Waals surface area contributed by atoms with Crippen LogP contribution in [0.15, 0.2) is 48.5 Å². The van der Waals surface area contributed by atoms with Crippen LogP contribution in [-0.2, 0) is 0 Å². The van der Waals surface area contributed by atoms with Crippen LogP contribution < -0.4 is 10.6 Å². The second kappa shape index (κ2) is 7.42. The molecule has 0 spiro atoms. The van der Waals surface area contributed by atoms with E-state index in [0.717, 1.165) is 14.9 Å². The molecule has 3 aromatic rings. The Morgan fingerprint density at radius 1 is 0.917 bits per heavy atom. The van der Waals surface area contributed by atoms with Crippen molar-refractivity contribution < 1.29 is 0 Å². The van der Waals surface area contributed by atoms with Crippen LogP contribution in [0.4, 0.5) is 23.1 Å². The molecule has 3 rings (SSSR count). The minimum absolute atomic E-state index is 0.160. The molecular weight excluding hydrogens is 439 g/mol. The standard InChI is InChI=1S/C16H10ClIN6/c17-14-15(20-12-5-1-10(9-19)2-6-12)22-16(24-23-14)21-13-7-3-11(18)4-8-13/h1-8H,(H2,20,21,22,24). The summed E-state index contributed by atoms with van der Waals surface area (Å²) in [6.07, 6.45) is 0. The fourth-order valence-electron chi connectivity index (χ4n) is 1.87. The van der Waals surface area contributed by atoms with E-state index >= 15 is 0 Å². The number of anilines is 4. The van der Waals surface area contributed by atoms with Crippen molar-refractivity contribution in [3.8, 4) is 6.07 Å². The van der Waals surface area contributed by atoms with Crippen molar-refractivity contribution in [1.29, 1.82) is 5.26 Å². The molecule has 2 aromatic carbocycles. The molecule has 0 bridgehead atoms. The van der Waals surface area contributed by atoms with Crippen molar-refractivity contribution in [2.75, 3.05) is 10.6 Å². The number of benzene rings is 2. The number of nitrogens with one attached hydrogen (secondary N) is 2. The molecule has 0 aliphatic carbocycles. The van der Waals surface area contributed by atoms with Crippen LogP contribution in [0.2, 0.25) is 5.15 Å². The summed E-state index contributed by atoms with van der Waals surface area (Å²) in [6, 6.07) is 16.8. The molecule has 118 valence electrons. The van der Waals surface area contributed by atoms with Gasteiger partial charge in [-0.25, -0.2) is 0 Å². The van der Waals surface area contributed by atoms with Gasteiger partial charge in [0.15, 0.2) is 11.0 Å². The number of nitrogens with zero attached hydrogens (tertiary/aromatic N) is 4. The molecule has 0 fully saturated rings. The van der Waals surface area contributed by atoms with Gasteiger partial charge >= 0.3 is 0 Å². The smallest absolute Gasteiger partial charge is 0.249 e. The molecule has 0 atom stereocenters. The quantitative estimate of drug-likeness (QED) is 0.572. The fraction of sp³-hybridized carbons (Fsp3) is 0. The van der Waals surface area contributed by atoms with Crippen molar-refractivity contribution in [2.24, 2.45) is 0 Å². The summed E-state index contributed by atoms with van der Waals surface area (Å²) in [5, 5.41) is 23.0. The Kier molecular flexibility index (Phi) is 5.08. The number of nitriles is 1. The minimum atomic E-state index is 0.160. The summed E-state index contributed by atoms with van der Waals surface area (Å²) >= 11 is 8.28. The Bertz CT molecular complexity index is 890. The van der Waals surface area contributed by atoms with E-state index in [4.69, 9.17) is 16.9 Å². The molecule has 2 N–H and O–H groups in total. The third kappa shape index (κ3) is 4.10. The van der Waals surface area contributed by atoms with Crippen LogP contribution >= 0.6 is 34.2 Å². The van der Waals surface area contributed by atoms with Gasteiger partial charge in [-0.05, 0) is 71.1 Å². The van der Waals surface area contributed by atoms with Gasteiger partial charge in [-0.1, -0.05) is 11.6 Å². The van der Waals surface area contributed by atoms with E-state index in [-0.39, 0.29) is 5.15 Å². The summed E-state index contributed by atoms with van der Waals surface area (Å²) in [7, 11) is 0. The second-order valence-electron chi connectivity index (χ2n) is 4.72. The SMILES string of the molecule is N#Cc1ccc(Nc2nc(Nc3ccc(I)cc3)nnc2Cl)cc1. The third-order valence-corrected chi connectivity index (χ3v) is 4.00. The number of aromatic nitrogens is 3. The highest BCUT2D eigenvalue weighted by Gasteiger charge is 2.08. The highest BCUT2D eigenvalue weighted by atomic mass is 127. The Morgan fingerprint density at radius 2 is 1.54 bits per heavy atom. The lowest BCUT2D eigenvalue weighted by atomic mass is 10.2. The first kappa shape index (κ1) is 16.4. The number of hydrogen-bond acceptors (Lipinski definition) is 6. The zero-order valence-corrected chi connectivity index (χ0v) is 15.1. The number of hydrogen-bond donors (Lipinski definition) is 2. The monoisotopic (exact) mass is 448 g/mol. The second-order valence-corrected chi connectivity index (χ2v) is 6.32. The highest BCUT2D eigenvalue weighted by Crippen LogP contribution is 2.23. The van der Waals surface area contributed by atoms with Crippen molar-refractivity contribution in [3.05, 3.63) is 62.8 Å². The molecule has 0 radical (unpaired) electrons. The van der Waals surface area contributed by atoms with Crippen molar-refractivity contribution >= 4 is 57.3 Å². The molecular formula is C16H10ClIN6. The predicted molar refractivity (Wildman–Crippen MR) is 102 cm³/mol. The topological polar surface area (TPSA) is 86.5 Å². The van der Waals surface area contributed by atoms with Gasteiger partial charge in [-0.15, -0.1) is 10.2 Å². The van der Waals surface area contributed by atoms with Crippen LogP contribution in [0, 0.1) is 14.9 Å². The van der Waals surface area contributed by atoms with Crippen molar-refractivity contribution in [2.45, 2.75) is 0 Å². The summed E-state index contributed by atoms with van der Waals surface area (Å²) in [5.41, 5.74) is 2.18. The Balaban J connectivity index is 1.80. The van der Waals surface area contributed by atoms with E-state index in [2.05, 4.69) is 54.5 Å². The van der Waals surface area contributed by atoms with E-state index in [1.807, 2.05) is 24.3 Å². The van der Waals surface area contributed by atoms with Gasteiger partial charge in [0.2, 0.25) is 5.95 Å². The molecule has 0 unspecified atom stereocenters. The van der Waals surface area contributed by atoms with Crippen LogP contribution in [-0.4, -0.2) is 15.2 Å². The van der Waals surface area contributed by atoms with Gasteiger partial charge in [0.05, 0.1) is 11.6 Å². The predicted octanol–water partition coefficient (Wildman–Crippen LogP) is 4.49. The van der Waals surface area contributed by atoms with Gasteiger partial charge in [-0.3, -0.25) is 0 Å². The van der Waals surface area contributed by atoms with Crippen molar-refractivity contribution in [3.63, 3.8) is 0 Å². The molecule has 1 aromatic heterocycles. The molecule has 0 aliphatic rings. The number of halogens is 2. The van der Waals surface area contributed by atoms with Crippen molar-refractivity contribution in [1.82, 2.24) is 15.2 Å². The molecule has 0 aliphatic heterocycles. The molecule has 0 saturated heterocycles. The first-order chi connectivity index (χ1) is 11.6. The van der Waals surface area contributed by atoms with Crippen LogP contribution in [0.1, 0.15) is 5.56 Å². The maximum absolute atomic E-state index is 8.83. The summed E-state index contributed by atoms with van der Waals surface area (Å²) in [6.45, 7) is 0. The third-order valence-electron chi connectivity index (χ3n) is 3.02. The van der Waals surface area contributed by atoms with E-state index in [1.54, 1.807) is 24.3 Å². The van der Waals surface area contributed by atoms with Gasteiger partial charge in [-0.2, -0.15) is 10.2 Å². The Labute approximate surface area is 157 Å². The number of rotatable bonds is 4. The molecule has 0 saturated carbocycles. The van der Waals surface area contributed by atoms with E-state index < -0.39 is 0 Å². The summed E-state index contributed by atoms with van der Waals surface area (Å²) < 4.78 is 1.14. The maximum atomic E-state index is 8.83. The summed E-state index contributed by atoms with van der Waals surface area (Å²) in [5.74, 6) is 0.709. The van der Waals surface area contributed by atoms with Crippen LogP contribution in [0.3, 0.4) is 0 Å². The fourth-order valence-corrected chi connectivity index (χ4v) is 2.36. The van der Waals surface area contributed by atoms with Crippen LogP contribution in [0.5, 0.6) is 0 Å². The molecule has 8 heteroatoms. The lowest BCUT2D eigenvalue weighted by Crippen LogP contribution is -2.03. The Morgan fingerprint density at radius 3 is 2.21 bits per heavy atom. The molecule has 6 nitrogen and oxygen atoms in total. The first-order valence-electron chi connectivity index (χ1n) is 6.84. The Hall–Kier alpha value is -2.44. The lowest BCUT2D eigenvalue weighted by Gasteiger charge is -2.09. The van der Waals surface area contributed by atoms with Gasteiger partial charge in [0.1, 0.15) is 0 Å². The first-order valence-corrected chi connectivity index (χ1v) is 8.30. The zero-order chi connectivity index (χ0) is 16.9. The summed E-state index contributed by atoms with van der Waals surface area (Å²) in [4.78, 5) is 4.33. The van der Waals surface area contributed by atoms with E-state index in [1.165, 1.54) is 0 Å². The lowest BCUT2D eigenvalue weighted by molar-refractivity contribution is 0.983. The molecule has 24 heavy (non-hydrogen) atoms. The maximum Gasteiger partial charge on any atom is 0.249 e. The molecule has 1 heterocycles.